The van der Waals surface area contributed by atoms with Gasteiger partial charge in [-0.3, -0.25) is 10.1 Å². The van der Waals surface area contributed by atoms with Crippen LogP contribution in [-0.4, -0.2) is 4.92 Å². The molecule has 0 saturated heterocycles. The third-order valence-electron chi connectivity index (χ3n) is 3.81. The highest BCUT2D eigenvalue weighted by Gasteiger charge is 2.37. The first-order chi connectivity index (χ1) is 9.43. The summed E-state index contributed by atoms with van der Waals surface area (Å²) in [5.74, 6) is 0. The fourth-order valence-electron chi connectivity index (χ4n) is 2.86. The topological polar surface area (TPSA) is 55.2 Å². The van der Waals surface area contributed by atoms with Crippen molar-refractivity contribution in [3.8, 4) is 0 Å². The summed E-state index contributed by atoms with van der Waals surface area (Å²) in [6, 6.07) is 11.2. The molecule has 0 atom stereocenters. The number of nitrogens with zero attached hydrogens (tertiary/aromatic N) is 1. The molecule has 0 unspecified atom stereocenters. The van der Waals surface area contributed by atoms with Crippen LogP contribution >= 0.6 is 15.9 Å². The Balaban J connectivity index is 2.35. The van der Waals surface area contributed by atoms with E-state index in [-0.39, 0.29) is 16.0 Å². The maximum absolute atomic E-state index is 11.3. The first-order valence-electron chi connectivity index (χ1n) is 6.27. The second kappa shape index (κ2) is 4.31. The van der Waals surface area contributed by atoms with E-state index in [2.05, 4.69) is 41.2 Å². The van der Waals surface area contributed by atoms with Gasteiger partial charge in [-0.05, 0) is 17.7 Å². The summed E-state index contributed by atoms with van der Waals surface area (Å²) in [6.07, 6.45) is 0. The predicted octanol–water partition coefficient (Wildman–Crippen LogP) is 4.74. The van der Waals surface area contributed by atoms with E-state index < -0.39 is 0 Å². The quantitative estimate of drug-likeness (QED) is 0.606. The van der Waals surface area contributed by atoms with Gasteiger partial charge in [-0.15, -0.1) is 0 Å². The highest BCUT2D eigenvalue weighted by Crippen LogP contribution is 2.50. The average molecular weight is 333 g/mol. The number of fused-ring (bicyclic) bond motifs is 2. The lowest BCUT2D eigenvalue weighted by Gasteiger charge is -2.36. The zero-order valence-electron chi connectivity index (χ0n) is 11.1. The summed E-state index contributed by atoms with van der Waals surface area (Å²) in [5, 5.41) is 14.5. The fraction of sp³-hybridized carbons (Fsp3) is 0.200. The smallest absolute Gasteiger partial charge is 0.293 e. The number of nitro groups is 1. The molecule has 4 nitrogen and oxygen atoms in total. The zero-order chi connectivity index (χ0) is 14.5. The van der Waals surface area contributed by atoms with Crippen LogP contribution in [0, 0.1) is 10.1 Å². The molecule has 3 rings (SSSR count). The molecule has 0 saturated carbocycles. The second-order valence-corrected chi connectivity index (χ2v) is 6.22. The summed E-state index contributed by atoms with van der Waals surface area (Å²) < 4.78 is 0.880. The molecule has 5 heteroatoms. The molecule has 20 heavy (non-hydrogen) atoms. The van der Waals surface area contributed by atoms with E-state index in [1.807, 2.05) is 18.2 Å². The highest BCUT2D eigenvalue weighted by atomic mass is 79.9. The molecule has 0 amide bonds. The largest absolute Gasteiger partial charge is 0.349 e. The zero-order valence-corrected chi connectivity index (χ0v) is 12.7. The second-order valence-electron chi connectivity index (χ2n) is 5.37. The monoisotopic (exact) mass is 332 g/mol. The number of nitrogens with one attached hydrogen (secondary N) is 1. The number of nitro benzene ring substituents is 1. The van der Waals surface area contributed by atoms with E-state index in [0.29, 0.717) is 5.69 Å². The van der Waals surface area contributed by atoms with Gasteiger partial charge in [0.05, 0.1) is 4.92 Å². The van der Waals surface area contributed by atoms with Gasteiger partial charge in [0.15, 0.2) is 0 Å². The van der Waals surface area contributed by atoms with E-state index >= 15 is 0 Å². The van der Waals surface area contributed by atoms with Gasteiger partial charge in [0.2, 0.25) is 0 Å². The maximum Gasteiger partial charge on any atom is 0.293 e. The Morgan fingerprint density at radius 2 is 1.90 bits per heavy atom. The number of halogens is 1. The molecule has 102 valence electrons. The van der Waals surface area contributed by atoms with Crippen LogP contribution in [0.25, 0.3) is 0 Å². The van der Waals surface area contributed by atoms with E-state index in [1.54, 1.807) is 6.07 Å². The number of para-hydroxylation sites is 1. The van der Waals surface area contributed by atoms with Gasteiger partial charge in [0, 0.05) is 27.2 Å². The SMILES string of the molecule is CC1(C)c2ccccc2Nc2c([N+](=O)[O-])ccc(Br)c21. The van der Waals surface area contributed by atoms with Crippen LogP contribution in [-0.2, 0) is 5.41 Å². The Morgan fingerprint density at radius 3 is 2.60 bits per heavy atom. The van der Waals surface area contributed by atoms with Gasteiger partial charge in [0.25, 0.3) is 5.69 Å². The fourth-order valence-corrected chi connectivity index (χ4v) is 3.69. The molecule has 2 aromatic rings. The standard InChI is InChI=1S/C15H13BrN2O2/c1-15(2)9-5-3-4-6-11(9)17-14-12(18(19)20)8-7-10(16)13(14)15/h3-8,17H,1-2H3. The molecule has 1 aliphatic heterocycles. The molecule has 1 aliphatic rings. The summed E-state index contributed by atoms with van der Waals surface area (Å²) in [6.45, 7) is 4.17. The number of benzene rings is 2. The molecular weight excluding hydrogens is 320 g/mol. The van der Waals surface area contributed by atoms with Gasteiger partial charge in [0.1, 0.15) is 5.69 Å². The summed E-state index contributed by atoms with van der Waals surface area (Å²) in [5.41, 5.74) is 3.35. The maximum atomic E-state index is 11.3. The Morgan fingerprint density at radius 1 is 1.20 bits per heavy atom. The van der Waals surface area contributed by atoms with Gasteiger partial charge in [-0.1, -0.05) is 48.0 Å². The van der Waals surface area contributed by atoms with E-state index in [4.69, 9.17) is 0 Å². The van der Waals surface area contributed by atoms with Crippen molar-refractivity contribution >= 4 is 33.0 Å². The van der Waals surface area contributed by atoms with Gasteiger partial charge in [-0.2, -0.15) is 0 Å². The Labute approximate surface area is 125 Å². The van der Waals surface area contributed by atoms with Gasteiger partial charge >= 0.3 is 0 Å². The van der Waals surface area contributed by atoms with Crippen molar-refractivity contribution in [1.82, 2.24) is 0 Å². The molecule has 0 bridgehead atoms. The highest BCUT2D eigenvalue weighted by molar-refractivity contribution is 9.10. The summed E-state index contributed by atoms with van der Waals surface area (Å²) >= 11 is 3.53. The normalized spacial score (nSPS) is 14.9. The number of rotatable bonds is 1. The summed E-state index contributed by atoms with van der Waals surface area (Å²) in [7, 11) is 0. The van der Waals surface area contributed by atoms with Crippen molar-refractivity contribution in [2.45, 2.75) is 19.3 Å². The minimum absolute atomic E-state index is 0.103. The minimum Gasteiger partial charge on any atom is -0.349 e. The van der Waals surface area contributed by atoms with E-state index in [9.17, 15) is 10.1 Å². The lowest BCUT2D eigenvalue weighted by atomic mass is 9.74. The van der Waals surface area contributed by atoms with E-state index in [0.717, 1.165) is 21.3 Å². The molecular formula is C15H13BrN2O2. The third-order valence-corrected chi connectivity index (χ3v) is 4.48. The molecule has 0 fully saturated rings. The van der Waals surface area contributed by atoms with Crippen LogP contribution in [0.2, 0.25) is 0 Å². The van der Waals surface area contributed by atoms with Crippen LogP contribution in [0.4, 0.5) is 17.1 Å². The molecule has 0 radical (unpaired) electrons. The van der Waals surface area contributed by atoms with Crippen molar-refractivity contribution in [3.05, 3.63) is 62.1 Å². The third kappa shape index (κ3) is 1.73. The van der Waals surface area contributed by atoms with Crippen molar-refractivity contribution in [3.63, 3.8) is 0 Å². The minimum atomic E-state index is -0.345. The first-order valence-corrected chi connectivity index (χ1v) is 7.06. The van der Waals surface area contributed by atoms with Crippen molar-refractivity contribution in [2.24, 2.45) is 0 Å². The van der Waals surface area contributed by atoms with Crippen molar-refractivity contribution < 1.29 is 4.92 Å². The molecule has 1 heterocycles. The number of anilines is 2. The van der Waals surface area contributed by atoms with Gasteiger partial charge < -0.3 is 5.32 Å². The Kier molecular flexibility index (Phi) is 2.83. The van der Waals surface area contributed by atoms with Crippen LogP contribution in [0.1, 0.15) is 25.0 Å². The first kappa shape index (κ1) is 13.1. The van der Waals surface area contributed by atoms with Crippen LogP contribution in [0.3, 0.4) is 0 Å². The van der Waals surface area contributed by atoms with Gasteiger partial charge in [-0.25, -0.2) is 0 Å². The lowest BCUT2D eigenvalue weighted by molar-refractivity contribution is -0.384. The van der Waals surface area contributed by atoms with E-state index in [1.165, 1.54) is 6.07 Å². The number of hydrogen-bond acceptors (Lipinski definition) is 3. The molecule has 0 aromatic heterocycles. The molecule has 0 spiro atoms. The molecule has 0 aliphatic carbocycles. The van der Waals surface area contributed by atoms with Crippen LogP contribution < -0.4 is 5.32 Å². The Bertz CT molecular complexity index is 726. The molecule has 2 aromatic carbocycles. The average Bonchev–Trinajstić information content (AvgIpc) is 2.38. The Hall–Kier alpha value is -1.88. The molecule has 1 N–H and O–H groups in total. The summed E-state index contributed by atoms with van der Waals surface area (Å²) in [4.78, 5) is 10.9. The van der Waals surface area contributed by atoms with Crippen molar-refractivity contribution in [1.29, 1.82) is 0 Å². The number of hydrogen-bond donors (Lipinski definition) is 1. The van der Waals surface area contributed by atoms with Crippen LogP contribution in [0.15, 0.2) is 40.9 Å². The van der Waals surface area contributed by atoms with Crippen molar-refractivity contribution in [2.75, 3.05) is 5.32 Å². The van der Waals surface area contributed by atoms with Crippen LogP contribution in [0.5, 0.6) is 0 Å². The predicted molar refractivity (Wildman–Crippen MR) is 82.6 cm³/mol. The lowest BCUT2D eigenvalue weighted by Crippen LogP contribution is -2.27.